The molecule has 2 N–H and O–H groups in total. The van der Waals surface area contributed by atoms with Gasteiger partial charge in [-0.3, -0.25) is 9.52 Å². The van der Waals surface area contributed by atoms with Crippen LogP contribution in [0, 0.1) is 5.82 Å². The molecule has 3 rings (SSSR count). The van der Waals surface area contributed by atoms with Crippen LogP contribution in [0.25, 0.3) is 0 Å². The Bertz CT molecular complexity index is 1110. The highest BCUT2D eigenvalue weighted by molar-refractivity contribution is 7.92. The number of carbonyl (C=O) groups is 1. The van der Waals surface area contributed by atoms with Gasteiger partial charge in [-0.15, -0.1) is 0 Å². The lowest BCUT2D eigenvalue weighted by atomic mass is 10.1. The average Bonchev–Trinajstić information content (AvgIpc) is 2.69. The molecule has 144 valence electrons. The van der Waals surface area contributed by atoms with E-state index in [4.69, 9.17) is 11.6 Å². The summed E-state index contributed by atoms with van der Waals surface area (Å²) in [4.78, 5) is 12.5. The minimum Gasteiger partial charge on any atom is -0.348 e. The topological polar surface area (TPSA) is 75.3 Å². The van der Waals surface area contributed by atoms with Gasteiger partial charge in [-0.1, -0.05) is 48.0 Å². The number of hydrogen-bond donors (Lipinski definition) is 2. The summed E-state index contributed by atoms with van der Waals surface area (Å²) in [5, 5.41) is 2.72. The summed E-state index contributed by atoms with van der Waals surface area (Å²) in [5.41, 5.74) is 0.587. The molecular formula is C20H16ClFN2O3S. The molecule has 28 heavy (non-hydrogen) atoms. The van der Waals surface area contributed by atoms with Crippen LogP contribution in [0.2, 0.25) is 5.02 Å². The summed E-state index contributed by atoms with van der Waals surface area (Å²) in [7, 11) is -3.80. The second-order valence-electron chi connectivity index (χ2n) is 5.89. The first-order valence-electron chi connectivity index (χ1n) is 8.26. The molecule has 0 aliphatic rings. The third kappa shape index (κ3) is 4.68. The maximum absolute atomic E-state index is 13.7. The molecule has 0 unspecified atom stereocenters. The number of halogens is 2. The van der Waals surface area contributed by atoms with E-state index in [1.54, 1.807) is 36.4 Å². The smallest absolute Gasteiger partial charge is 0.261 e. The molecule has 0 aromatic heterocycles. The monoisotopic (exact) mass is 418 g/mol. The molecule has 5 nitrogen and oxygen atoms in total. The Labute approximate surface area is 167 Å². The zero-order chi connectivity index (χ0) is 20.1. The minimum atomic E-state index is -3.80. The second-order valence-corrected chi connectivity index (χ2v) is 7.98. The highest BCUT2D eigenvalue weighted by Gasteiger charge is 2.16. The van der Waals surface area contributed by atoms with E-state index in [2.05, 4.69) is 10.0 Å². The molecule has 0 bridgehead atoms. The summed E-state index contributed by atoms with van der Waals surface area (Å²) >= 11 is 6.08. The fraction of sp³-hybridized carbons (Fsp3) is 0.0500. The molecule has 0 saturated heterocycles. The van der Waals surface area contributed by atoms with Gasteiger partial charge in [0, 0.05) is 17.8 Å². The van der Waals surface area contributed by atoms with E-state index >= 15 is 0 Å². The van der Waals surface area contributed by atoms with Gasteiger partial charge in [0.25, 0.3) is 15.9 Å². The predicted octanol–water partition coefficient (Wildman–Crippen LogP) is 4.21. The Morgan fingerprint density at radius 2 is 1.64 bits per heavy atom. The number of sulfonamides is 1. The van der Waals surface area contributed by atoms with Crippen LogP contribution in [-0.4, -0.2) is 14.3 Å². The van der Waals surface area contributed by atoms with Crippen LogP contribution < -0.4 is 10.0 Å². The van der Waals surface area contributed by atoms with Gasteiger partial charge in [0.1, 0.15) is 5.82 Å². The number of benzene rings is 3. The maximum atomic E-state index is 13.7. The largest absolute Gasteiger partial charge is 0.348 e. The van der Waals surface area contributed by atoms with Crippen LogP contribution in [0.15, 0.2) is 77.7 Å². The molecule has 0 spiro atoms. The van der Waals surface area contributed by atoms with E-state index < -0.39 is 21.7 Å². The van der Waals surface area contributed by atoms with E-state index in [0.717, 1.165) is 0 Å². The fourth-order valence-electron chi connectivity index (χ4n) is 2.49. The third-order valence-electron chi connectivity index (χ3n) is 3.91. The summed E-state index contributed by atoms with van der Waals surface area (Å²) in [6.45, 7) is -0.0260. The number of anilines is 1. The van der Waals surface area contributed by atoms with Crippen molar-refractivity contribution in [1.29, 1.82) is 0 Å². The number of nitrogens with one attached hydrogen (secondary N) is 2. The summed E-state index contributed by atoms with van der Waals surface area (Å²) in [5.74, 6) is -0.979. The average molecular weight is 419 g/mol. The van der Waals surface area contributed by atoms with Gasteiger partial charge in [-0.2, -0.15) is 0 Å². The molecule has 0 atom stereocenters. The first kappa shape index (κ1) is 19.9. The molecule has 0 saturated carbocycles. The quantitative estimate of drug-likeness (QED) is 0.629. The van der Waals surface area contributed by atoms with Gasteiger partial charge in [0.15, 0.2) is 0 Å². The zero-order valence-corrected chi connectivity index (χ0v) is 16.1. The molecule has 0 fully saturated rings. The van der Waals surface area contributed by atoms with Crippen LogP contribution in [-0.2, 0) is 16.6 Å². The van der Waals surface area contributed by atoms with Crippen LogP contribution >= 0.6 is 11.6 Å². The molecule has 3 aromatic carbocycles. The highest BCUT2D eigenvalue weighted by atomic mass is 35.5. The number of carbonyl (C=O) groups excluding carboxylic acids is 1. The van der Waals surface area contributed by atoms with Crippen molar-refractivity contribution in [1.82, 2.24) is 5.32 Å². The first-order chi connectivity index (χ1) is 13.4. The van der Waals surface area contributed by atoms with E-state index in [1.165, 1.54) is 36.4 Å². The highest BCUT2D eigenvalue weighted by Crippen LogP contribution is 2.23. The van der Waals surface area contributed by atoms with Crippen molar-refractivity contribution in [2.24, 2.45) is 0 Å². The van der Waals surface area contributed by atoms with E-state index in [9.17, 15) is 17.6 Å². The van der Waals surface area contributed by atoms with Gasteiger partial charge in [-0.25, -0.2) is 12.8 Å². The summed E-state index contributed by atoms with van der Waals surface area (Å²) in [6, 6.07) is 18.1. The fourth-order valence-corrected chi connectivity index (χ4v) is 3.76. The number of hydrogen-bond acceptors (Lipinski definition) is 3. The normalized spacial score (nSPS) is 11.1. The Balaban J connectivity index is 1.78. The van der Waals surface area contributed by atoms with Gasteiger partial charge in [0.2, 0.25) is 0 Å². The van der Waals surface area contributed by atoms with Crippen molar-refractivity contribution in [3.05, 3.63) is 94.8 Å². The standard InChI is InChI=1S/C20H16ClFN2O3S/c21-18-11-10-15(24-28(26,27)16-7-2-1-3-8-16)12-17(18)20(25)23-13-14-6-4-5-9-19(14)22/h1-12,24H,13H2,(H,23,25). The minimum absolute atomic E-state index is 0.0260. The molecular weight excluding hydrogens is 403 g/mol. The molecule has 3 aromatic rings. The zero-order valence-electron chi connectivity index (χ0n) is 14.5. The maximum Gasteiger partial charge on any atom is 0.261 e. The lowest BCUT2D eigenvalue weighted by Gasteiger charge is -2.11. The Morgan fingerprint density at radius 1 is 0.964 bits per heavy atom. The number of amides is 1. The van der Waals surface area contributed by atoms with Gasteiger partial charge >= 0.3 is 0 Å². The lowest BCUT2D eigenvalue weighted by Crippen LogP contribution is -2.24. The Hall–Kier alpha value is -2.90. The van der Waals surface area contributed by atoms with Crippen LogP contribution in [0.1, 0.15) is 15.9 Å². The summed E-state index contributed by atoms with van der Waals surface area (Å²) < 4.78 is 41.0. The van der Waals surface area contributed by atoms with Crippen molar-refractivity contribution in [3.63, 3.8) is 0 Å². The molecule has 0 aliphatic heterocycles. The van der Waals surface area contributed by atoms with Crippen molar-refractivity contribution in [2.45, 2.75) is 11.4 Å². The Kier molecular flexibility index (Phi) is 5.96. The van der Waals surface area contributed by atoms with E-state index in [-0.39, 0.29) is 27.7 Å². The van der Waals surface area contributed by atoms with Gasteiger partial charge in [0.05, 0.1) is 15.5 Å². The summed E-state index contributed by atoms with van der Waals surface area (Å²) in [6.07, 6.45) is 0. The van der Waals surface area contributed by atoms with Crippen molar-refractivity contribution in [2.75, 3.05) is 4.72 Å². The van der Waals surface area contributed by atoms with Gasteiger partial charge in [-0.05, 0) is 36.4 Å². The van der Waals surface area contributed by atoms with Crippen LogP contribution in [0.4, 0.5) is 10.1 Å². The van der Waals surface area contributed by atoms with Crippen molar-refractivity contribution < 1.29 is 17.6 Å². The molecule has 8 heteroatoms. The molecule has 1 amide bonds. The molecule has 0 aliphatic carbocycles. The van der Waals surface area contributed by atoms with E-state index in [0.29, 0.717) is 5.56 Å². The van der Waals surface area contributed by atoms with Crippen molar-refractivity contribution >= 4 is 33.2 Å². The predicted molar refractivity (Wildman–Crippen MR) is 106 cm³/mol. The van der Waals surface area contributed by atoms with Crippen molar-refractivity contribution in [3.8, 4) is 0 Å². The van der Waals surface area contributed by atoms with Gasteiger partial charge < -0.3 is 5.32 Å². The Morgan fingerprint density at radius 3 is 2.36 bits per heavy atom. The van der Waals surface area contributed by atoms with Crippen LogP contribution in [0.3, 0.4) is 0 Å². The first-order valence-corrected chi connectivity index (χ1v) is 10.1. The number of rotatable bonds is 6. The van der Waals surface area contributed by atoms with E-state index in [1.807, 2.05) is 0 Å². The lowest BCUT2D eigenvalue weighted by molar-refractivity contribution is 0.0950. The molecule has 0 radical (unpaired) electrons. The van der Waals surface area contributed by atoms with Crippen LogP contribution in [0.5, 0.6) is 0 Å². The second kappa shape index (κ2) is 8.41. The molecule has 0 heterocycles. The SMILES string of the molecule is O=C(NCc1ccccc1F)c1cc(NS(=O)(=O)c2ccccc2)ccc1Cl. The third-order valence-corrected chi connectivity index (χ3v) is 5.64.